The standard InChI is InChI=1S/C43H51NO3/c1-39(2,3)29-12-18-32(19-13-29)43(33-20-14-30(15-21-33)40(4,5)6,34-22-16-31(17-23-34)41(7,8)9)35-24-26-36(27-25-35)46-28-37-44-42(10,11)38(45)47-37/h12-27H,28H2,1-11H3. The number of rotatable bonds is 7. The van der Waals surface area contributed by atoms with Gasteiger partial charge >= 0.3 is 5.97 Å². The van der Waals surface area contributed by atoms with E-state index in [9.17, 15) is 4.79 Å². The number of carbonyl (C=O) groups excluding carboxylic acids is 1. The van der Waals surface area contributed by atoms with Crippen LogP contribution in [0, 0.1) is 0 Å². The van der Waals surface area contributed by atoms with Crippen molar-refractivity contribution in [3.05, 3.63) is 136 Å². The molecule has 0 saturated heterocycles. The molecule has 1 heterocycles. The molecule has 0 fully saturated rings. The topological polar surface area (TPSA) is 47.9 Å². The normalized spacial score (nSPS) is 15.3. The minimum Gasteiger partial charge on any atom is -0.484 e. The fraction of sp³-hybridized carbons (Fsp3) is 0.395. The van der Waals surface area contributed by atoms with E-state index in [0.717, 1.165) is 5.56 Å². The second-order valence-corrected chi connectivity index (χ2v) is 16.5. The zero-order chi connectivity index (χ0) is 34.4. The molecule has 47 heavy (non-hydrogen) atoms. The molecular weight excluding hydrogens is 578 g/mol. The number of hydrogen-bond acceptors (Lipinski definition) is 4. The first-order valence-corrected chi connectivity index (χ1v) is 16.7. The third-order valence-electron chi connectivity index (χ3n) is 9.32. The number of cyclic esters (lactones) is 1. The molecule has 0 N–H and O–H groups in total. The molecule has 0 unspecified atom stereocenters. The smallest absolute Gasteiger partial charge is 0.340 e. The molecule has 0 amide bonds. The molecule has 0 atom stereocenters. The number of esters is 1. The van der Waals surface area contributed by atoms with E-state index in [0.29, 0.717) is 11.6 Å². The number of nitrogens with zero attached hydrogens (tertiary/aromatic N) is 1. The number of benzene rings is 4. The number of ether oxygens (including phenoxy) is 2. The summed E-state index contributed by atoms with van der Waals surface area (Å²) in [5.41, 5.74) is 7.23. The summed E-state index contributed by atoms with van der Waals surface area (Å²) in [6.45, 7) is 23.9. The SMILES string of the molecule is CC1(C)N=C(COc2ccc(C(c3ccc(C(C)(C)C)cc3)(c3ccc(C(C)(C)C)cc3)c3ccc(C(C)(C)C)cc3)cc2)OC1=O. The first-order chi connectivity index (χ1) is 21.8. The van der Waals surface area contributed by atoms with Crippen LogP contribution in [-0.4, -0.2) is 24.0 Å². The summed E-state index contributed by atoms with van der Waals surface area (Å²) >= 11 is 0. The molecule has 1 aliphatic rings. The highest BCUT2D eigenvalue weighted by atomic mass is 16.6. The average Bonchev–Trinajstić information content (AvgIpc) is 3.27. The molecule has 4 heteroatoms. The van der Waals surface area contributed by atoms with Crippen molar-refractivity contribution >= 4 is 11.9 Å². The Hall–Kier alpha value is -4.18. The highest BCUT2D eigenvalue weighted by Gasteiger charge is 2.40. The minimum absolute atomic E-state index is 0.0377. The molecule has 4 nitrogen and oxygen atoms in total. The summed E-state index contributed by atoms with van der Waals surface area (Å²) in [6, 6.07) is 35.8. The van der Waals surface area contributed by atoms with E-state index in [1.54, 1.807) is 13.8 Å². The zero-order valence-corrected chi connectivity index (χ0v) is 30.1. The molecule has 1 aliphatic heterocycles. The average molecular weight is 630 g/mol. The van der Waals surface area contributed by atoms with Crippen LogP contribution in [0.4, 0.5) is 0 Å². The summed E-state index contributed by atoms with van der Waals surface area (Å²) in [5.74, 6) is 0.624. The molecule has 0 saturated carbocycles. The van der Waals surface area contributed by atoms with Crippen molar-refractivity contribution in [3.8, 4) is 5.75 Å². The Labute approximate surface area is 282 Å². The first-order valence-electron chi connectivity index (χ1n) is 16.7. The van der Waals surface area contributed by atoms with Crippen LogP contribution < -0.4 is 4.74 Å². The Morgan fingerprint density at radius 1 is 0.532 bits per heavy atom. The van der Waals surface area contributed by atoms with E-state index < -0.39 is 11.0 Å². The van der Waals surface area contributed by atoms with Gasteiger partial charge in [-0.05, 0) is 81.2 Å². The zero-order valence-electron chi connectivity index (χ0n) is 30.1. The van der Waals surface area contributed by atoms with E-state index in [-0.39, 0.29) is 28.8 Å². The third-order valence-corrected chi connectivity index (χ3v) is 9.32. The maximum Gasteiger partial charge on any atom is 0.340 e. The fourth-order valence-electron chi connectivity index (χ4n) is 6.28. The lowest BCUT2D eigenvalue weighted by molar-refractivity contribution is -0.138. The molecule has 0 aliphatic carbocycles. The highest BCUT2D eigenvalue weighted by Crippen LogP contribution is 2.47. The van der Waals surface area contributed by atoms with Gasteiger partial charge in [-0.1, -0.05) is 147 Å². The predicted octanol–water partition coefficient (Wildman–Crippen LogP) is 10.1. The lowest BCUT2D eigenvalue weighted by Gasteiger charge is -2.38. The van der Waals surface area contributed by atoms with Gasteiger partial charge in [0.1, 0.15) is 5.75 Å². The van der Waals surface area contributed by atoms with Crippen LogP contribution in [0.1, 0.15) is 115 Å². The Morgan fingerprint density at radius 2 is 0.830 bits per heavy atom. The molecule has 246 valence electrons. The highest BCUT2D eigenvalue weighted by molar-refractivity contribution is 6.00. The second kappa shape index (κ2) is 12.1. The van der Waals surface area contributed by atoms with Crippen molar-refractivity contribution in [2.75, 3.05) is 6.61 Å². The van der Waals surface area contributed by atoms with Gasteiger partial charge in [-0.3, -0.25) is 0 Å². The quantitative estimate of drug-likeness (QED) is 0.151. The largest absolute Gasteiger partial charge is 0.484 e. The van der Waals surface area contributed by atoms with Crippen molar-refractivity contribution in [3.63, 3.8) is 0 Å². The van der Waals surface area contributed by atoms with E-state index in [4.69, 9.17) is 9.47 Å². The summed E-state index contributed by atoms with van der Waals surface area (Å²) in [7, 11) is 0. The maximum absolute atomic E-state index is 12.1. The molecule has 4 aromatic rings. The second-order valence-electron chi connectivity index (χ2n) is 16.5. The molecule has 0 spiro atoms. The van der Waals surface area contributed by atoms with Gasteiger partial charge in [0.2, 0.25) is 5.90 Å². The summed E-state index contributed by atoms with van der Waals surface area (Å²) in [5, 5.41) is 0. The molecule has 5 rings (SSSR count). The van der Waals surface area contributed by atoms with E-state index in [2.05, 4.69) is 152 Å². The van der Waals surface area contributed by atoms with Crippen LogP contribution >= 0.6 is 0 Å². The van der Waals surface area contributed by atoms with Gasteiger partial charge in [-0.25, -0.2) is 9.79 Å². The van der Waals surface area contributed by atoms with Crippen molar-refractivity contribution in [1.82, 2.24) is 0 Å². The van der Waals surface area contributed by atoms with Gasteiger partial charge in [-0.15, -0.1) is 0 Å². The number of hydrogen-bond donors (Lipinski definition) is 0. The van der Waals surface area contributed by atoms with Crippen LogP contribution in [-0.2, 0) is 31.2 Å². The molecular formula is C43H51NO3. The summed E-state index contributed by atoms with van der Waals surface area (Å²) in [6.07, 6.45) is 0. The summed E-state index contributed by atoms with van der Waals surface area (Å²) in [4.78, 5) is 16.5. The van der Waals surface area contributed by atoms with Crippen LogP contribution in [0.25, 0.3) is 0 Å². The molecule has 0 bridgehead atoms. The molecule has 0 aromatic heterocycles. The van der Waals surface area contributed by atoms with Gasteiger partial charge in [0.25, 0.3) is 0 Å². The van der Waals surface area contributed by atoms with E-state index in [1.165, 1.54) is 33.4 Å². The van der Waals surface area contributed by atoms with Crippen LogP contribution in [0.3, 0.4) is 0 Å². The van der Waals surface area contributed by atoms with Gasteiger partial charge in [-0.2, -0.15) is 0 Å². The van der Waals surface area contributed by atoms with Crippen molar-refractivity contribution in [2.45, 2.75) is 103 Å². The number of carbonyl (C=O) groups is 1. The summed E-state index contributed by atoms with van der Waals surface area (Å²) < 4.78 is 11.4. The van der Waals surface area contributed by atoms with Crippen molar-refractivity contribution in [2.24, 2.45) is 4.99 Å². The van der Waals surface area contributed by atoms with Crippen LogP contribution in [0.2, 0.25) is 0 Å². The predicted molar refractivity (Wildman–Crippen MR) is 194 cm³/mol. The maximum atomic E-state index is 12.1. The fourth-order valence-corrected chi connectivity index (χ4v) is 6.28. The van der Waals surface area contributed by atoms with Gasteiger partial charge in [0.05, 0.1) is 5.41 Å². The molecule has 4 aromatic carbocycles. The van der Waals surface area contributed by atoms with E-state index >= 15 is 0 Å². The Bertz CT molecular complexity index is 1600. The Balaban J connectivity index is 1.68. The monoisotopic (exact) mass is 629 g/mol. The van der Waals surface area contributed by atoms with Crippen molar-refractivity contribution < 1.29 is 14.3 Å². The third kappa shape index (κ3) is 6.93. The molecule has 0 radical (unpaired) electrons. The number of aliphatic imine (C=N–C) groups is 1. The van der Waals surface area contributed by atoms with E-state index in [1.807, 2.05) is 12.1 Å². The van der Waals surface area contributed by atoms with Gasteiger partial charge in [0.15, 0.2) is 12.1 Å². The Morgan fingerprint density at radius 3 is 1.11 bits per heavy atom. The van der Waals surface area contributed by atoms with Gasteiger partial charge in [0, 0.05) is 0 Å². The lowest BCUT2D eigenvalue weighted by atomic mass is 9.64. The lowest BCUT2D eigenvalue weighted by Crippen LogP contribution is -2.31. The van der Waals surface area contributed by atoms with Gasteiger partial charge < -0.3 is 9.47 Å². The van der Waals surface area contributed by atoms with Crippen LogP contribution in [0.15, 0.2) is 102 Å². The Kier molecular flexibility index (Phi) is 8.81. The van der Waals surface area contributed by atoms with Crippen molar-refractivity contribution in [1.29, 1.82) is 0 Å². The first kappa shape index (κ1) is 34.2. The minimum atomic E-state index is -0.879. The van der Waals surface area contributed by atoms with Crippen LogP contribution in [0.5, 0.6) is 5.75 Å².